The normalized spacial score (nSPS) is 10.8. The molecule has 2 aromatic rings. The predicted molar refractivity (Wildman–Crippen MR) is 58.5 cm³/mol. The number of nitrogens with zero attached hydrogens (tertiary/aromatic N) is 6. The van der Waals surface area contributed by atoms with Crippen LogP contribution in [0.15, 0.2) is 25.3 Å². The molecule has 0 N–H and O–H groups in total. The minimum absolute atomic E-state index is 0.962. The summed E-state index contributed by atoms with van der Waals surface area (Å²) in [7, 11) is 0. The topological polar surface area (TPSA) is 61.4 Å². The first-order valence-electron chi connectivity index (χ1n) is 5.60. The Bertz CT molecular complexity index is 328. The Morgan fingerprint density at radius 2 is 1.19 bits per heavy atom. The lowest BCUT2D eigenvalue weighted by Gasteiger charge is -2.01. The molecule has 0 atom stereocenters. The first-order valence-corrected chi connectivity index (χ1v) is 5.60. The van der Waals surface area contributed by atoms with Gasteiger partial charge in [0.15, 0.2) is 0 Å². The summed E-state index contributed by atoms with van der Waals surface area (Å²) < 4.78 is 3.74. The molecule has 0 bridgehead atoms. The van der Waals surface area contributed by atoms with E-state index in [1.165, 1.54) is 12.8 Å². The van der Waals surface area contributed by atoms with Gasteiger partial charge in [0, 0.05) is 13.1 Å². The van der Waals surface area contributed by atoms with Gasteiger partial charge in [0.05, 0.1) is 0 Å². The fourth-order valence-electron chi connectivity index (χ4n) is 1.60. The lowest BCUT2D eigenvalue weighted by Crippen LogP contribution is -2.00. The standard InChI is InChI=1S/C10H16N6/c1(3-5-15-9-11-7-13-15)2-4-6-16-10-12-8-14-16/h7-10H,1-6H2. The summed E-state index contributed by atoms with van der Waals surface area (Å²) in [6.07, 6.45) is 11.4. The van der Waals surface area contributed by atoms with Crippen LogP contribution in [0, 0.1) is 0 Å². The Morgan fingerprint density at radius 3 is 1.56 bits per heavy atom. The van der Waals surface area contributed by atoms with Crippen molar-refractivity contribution in [2.45, 2.75) is 38.8 Å². The maximum absolute atomic E-state index is 4.06. The third kappa shape index (κ3) is 3.45. The molecule has 0 aromatic carbocycles. The average molecular weight is 220 g/mol. The Balaban J connectivity index is 1.49. The Morgan fingerprint density at radius 1 is 0.688 bits per heavy atom. The van der Waals surface area contributed by atoms with Crippen molar-refractivity contribution < 1.29 is 0 Å². The van der Waals surface area contributed by atoms with Crippen LogP contribution in [-0.4, -0.2) is 29.5 Å². The van der Waals surface area contributed by atoms with Crippen molar-refractivity contribution in [3.05, 3.63) is 25.3 Å². The fraction of sp³-hybridized carbons (Fsp3) is 0.600. The van der Waals surface area contributed by atoms with Crippen LogP contribution in [0.4, 0.5) is 0 Å². The SMILES string of the molecule is c1ncn(CCCCCCn2cncn2)n1. The van der Waals surface area contributed by atoms with E-state index >= 15 is 0 Å². The Hall–Kier alpha value is -1.72. The maximum atomic E-state index is 4.06. The number of aromatic nitrogens is 6. The second-order valence-electron chi connectivity index (χ2n) is 3.73. The molecule has 86 valence electrons. The lowest BCUT2D eigenvalue weighted by atomic mass is 10.2. The van der Waals surface area contributed by atoms with Gasteiger partial charge in [0.2, 0.25) is 0 Å². The molecule has 0 amide bonds. The summed E-state index contributed by atoms with van der Waals surface area (Å²) in [5.74, 6) is 0. The van der Waals surface area contributed by atoms with Crippen LogP contribution in [0.2, 0.25) is 0 Å². The molecule has 0 spiro atoms. The van der Waals surface area contributed by atoms with E-state index in [2.05, 4.69) is 20.2 Å². The Labute approximate surface area is 94.3 Å². The Kier molecular flexibility index (Phi) is 4.04. The van der Waals surface area contributed by atoms with Gasteiger partial charge in [-0.15, -0.1) is 0 Å². The molecule has 0 aliphatic heterocycles. The zero-order valence-electron chi connectivity index (χ0n) is 9.24. The highest BCUT2D eigenvalue weighted by Crippen LogP contribution is 2.02. The van der Waals surface area contributed by atoms with E-state index in [1.807, 2.05) is 9.36 Å². The zero-order valence-corrected chi connectivity index (χ0v) is 9.24. The van der Waals surface area contributed by atoms with Gasteiger partial charge in [-0.3, -0.25) is 9.36 Å². The predicted octanol–water partition coefficient (Wildman–Crippen LogP) is 1.13. The van der Waals surface area contributed by atoms with Crippen molar-refractivity contribution in [3.63, 3.8) is 0 Å². The van der Waals surface area contributed by atoms with Crippen LogP contribution in [-0.2, 0) is 13.1 Å². The third-order valence-electron chi connectivity index (χ3n) is 2.46. The third-order valence-corrected chi connectivity index (χ3v) is 2.46. The summed E-state index contributed by atoms with van der Waals surface area (Å²) in [5.41, 5.74) is 0. The van der Waals surface area contributed by atoms with Crippen LogP contribution in [0.3, 0.4) is 0 Å². The van der Waals surface area contributed by atoms with Crippen molar-refractivity contribution >= 4 is 0 Å². The first kappa shape index (κ1) is 10.8. The zero-order chi connectivity index (χ0) is 11.1. The van der Waals surface area contributed by atoms with Gasteiger partial charge in [-0.1, -0.05) is 12.8 Å². The number of unbranched alkanes of at least 4 members (excludes halogenated alkanes) is 3. The van der Waals surface area contributed by atoms with Crippen molar-refractivity contribution in [3.8, 4) is 0 Å². The summed E-state index contributed by atoms with van der Waals surface area (Å²) in [6.45, 7) is 1.92. The number of hydrogen-bond acceptors (Lipinski definition) is 4. The average Bonchev–Trinajstić information content (AvgIpc) is 2.96. The number of hydrogen-bond donors (Lipinski definition) is 0. The van der Waals surface area contributed by atoms with E-state index in [0.29, 0.717) is 0 Å². The van der Waals surface area contributed by atoms with Gasteiger partial charge >= 0.3 is 0 Å². The van der Waals surface area contributed by atoms with Crippen molar-refractivity contribution in [2.24, 2.45) is 0 Å². The highest BCUT2D eigenvalue weighted by atomic mass is 15.3. The summed E-state index contributed by atoms with van der Waals surface area (Å²) in [4.78, 5) is 7.81. The highest BCUT2D eigenvalue weighted by molar-refractivity contribution is 4.57. The molecular weight excluding hydrogens is 204 g/mol. The number of aryl methyl sites for hydroxylation is 2. The van der Waals surface area contributed by atoms with Gasteiger partial charge in [-0.2, -0.15) is 10.2 Å². The van der Waals surface area contributed by atoms with Crippen LogP contribution < -0.4 is 0 Å². The molecule has 2 heterocycles. The van der Waals surface area contributed by atoms with Gasteiger partial charge in [-0.25, -0.2) is 9.97 Å². The monoisotopic (exact) mass is 220 g/mol. The van der Waals surface area contributed by atoms with E-state index in [4.69, 9.17) is 0 Å². The second kappa shape index (κ2) is 5.99. The molecule has 6 heteroatoms. The van der Waals surface area contributed by atoms with E-state index < -0.39 is 0 Å². The van der Waals surface area contributed by atoms with Gasteiger partial charge in [-0.05, 0) is 12.8 Å². The molecule has 0 saturated carbocycles. The number of rotatable bonds is 7. The van der Waals surface area contributed by atoms with E-state index in [0.717, 1.165) is 25.9 Å². The molecular formula is C10H16N6. The van der Waals surface area contributed by atoms with E-state index in [-0.39, 0.29) is 0 Å². The molecule has 0 saturated heterocycles. The largest absolute Gasteiger partial charge is 0.253 e. The van der Waals surface area contributed by atoms with E-state index in [9.17, 15) is 0 Å². The molecule has 0 aliphatic rings. The molecule has 2 aromatic heterocycles. The van der Waals surface area contributed by atoms with Crippen LogP contribution in [0.5, 0.6) is 0 Å². The quantitative estimate of drug-likeness (QED) is 0.656. The smallest absolute Gasteiger partial charge is 0.137 e. The summed E-state index contributed by atoms with van der Waals surface area (Å²) in [5, 5.41) is 8.12. The molecule has 0 aliphatic carbocycles. The van der Waals surface area contributed by atoms with Gasteiger partial charge < -0.3 is 0 Å². The van der Waals surface area contributed by atoms with Crippen LogP contribution in [0.25, 0.3) is 0 Å². The summed E-state index contributed by atoms with van der Waals surface area (Å²) >= 11 is 0. The first-order chi connectivity index (χ1) is 7.95. The molecule has 0 radical (unpaired) electrons. The van der Waals surface area contributed by atoms with Crippen molar-refractivity contribution in [2.75, 3.05) is 0 Å². The minimum atomic E-state index is 0.962. The maximum Gasteiger partial charge on any atom is 0.137 e. The molecule has 2 rings (SSSR count). The lowest BCUT2D eigenvalue weighted by molar-refractivity contribution is 0.501. The van der Waals surface area contributed by atoms with Crippen molar-refractivity contribution in [1.82, 2.24) is 29.5 Å². The van der Waals surface area contributed by atoms with E-state index in [1.54, 1.807) is 25.3 Å². The second-order valence-corrected chi connectivity index (χ2v) is 3.73. The molecule has 6 nitrogen and oxygen atoms in total. The van der Waals surface area contributed by atoms with Gasteiger partial charge in [0.25, 0.3) is 0 Å². The fourth-order valence-corrected chi connectivity index (χ4v) is 1.60. The highest BCUT2D eigenvalue weighted by Gasteiger charge is 1.94. The van der Waals surface area contributed by atoms with Crippen LogP contribution >= 0.6 is 0 Å². The molecule has 0 fully saturated rings. The van der Waals surface area contributed by atoms with Crippen LogP contribution in [0.1, 0.15) is 25.7 Å². The van der Waals surface area contributed by atoms with Crippen molar-refractivity contribution in [1.29, 1.82) is 0 Å². The molecule has 0 unspecified atom stereocenters. The minimum Gasteiger partial charge on any atom is -0.253 e. The summed E-state index contributed by atoms with van der Waals surface area (Å²) in [6, 6.07) is 0. The van der Waals surface area contributed by atoms with Gasteiger partial charge in [0.1, 0.15) is 25.3 Å². The molecule has 16 heavy (non-hydrogen) atoms.